The zero-order valence-corrected chi connectivity index (χ0v) is 18.0. The van der Waals surface area contributed by atoms with Crippen LogP contribution in [0.15, 0.2) is 21.9 Å². The van der Waals surface area contributed by atoms with E-state index in [-0.39, 0.29) is 25.7 Å². The molecule has 0 amide bonds. The van der Waals surface area contributed by atoms with Crippen molar-refractivity contribution in [3.05, 3.63) is 33.1 Å². The quantitative estimate of drug-likeness (QED) is 0.373. The third kappa shape index (κ3) is 4.90. The van der Waals surface area contributed by atoms with Crippen molar-refractivity contribution < 1.29 is 29.3 Å². The first-order chi connectivity index (χ1) is 13.3. The Hall–Kier alpha value is -1.29. The summed E-state index contributed by atoms with van der Waals surface area (Å²) in [4.78, 5) is 35.7. The number of aliphatic hydroxyl groups is 3. The van der Waals surface area contributed by atoms with Crippen LogP contribution in [0.2, 0.25) is 0 Å². The van der Waals surface area contributed by atoms with Crippen LogP contribution in [0.5, 0.6) is 0 Å². The highest BCUT2D eigenvalue weighted by Gasteiger charge is 2.50. The maximum atomic E-state index is 12.7. The van der Waals surface area contributed by atoms with Crippen LogP contribution in [0, 0.1) is 5.92 Å². The monoisotopic (exact) mass is 434 g/mol. The molecule has 10 nitrogen and oxygen atoms in total. The molecule has 166 valence electrons. The number of nitrogens with zero attached hydrogens (tertiary/aromatic N) is 1. The summed E-state index contributed by atoms with van der Waals surface area (Å²) in [6, 6.07) is 0.387. The highest BCUT2D eigenvalue weighted by molar-refractivity contribution is 7.54. The van der Waals surface area contributed by atoms with Crippen LogP contribution in [0.4, 0.5) is 0 Å². The van der Waals surface area contributed by atoms with E-state index in [1.807, 2.05) is 0 Å². The van der Waals surface area contributed by atoms with Gasteiger partial charge in [-0.2, -0.15) is 0 Å². The Morgan fingerprint density at radius 1 is 1.24 bits per heavy atom. The zero-order valence-electron chi connectivity index (χ0n) is 17.1. The molecule has 0 aliphatic heterocycles. The van der Waals surface area contributed by atoms with Gasteiger partial charge in [0.2, 0.25) is 0 Å². The van der Waals surface area contributed by atoms with Gasteiger partial charge in [0.15, 0.2) is 5.34 Å². The van der Waals surface area contributed by atoms with Crippen LogP contribution in [0.25, 0.3) is 0 Å². The lowest BCUT2D eigenvalue weighted by Crippen LogP contribution is -2.38. The lowest BCUT2D eigenvalue weighted by molar-refractivity contribution is -0.0215. The largest absolute Gasteiger partial charge is 0.390 e. The summed E-state index contributed by atoms with van der Waals surface area (Å²) in [5.41, 5.74) is -2.46. The maximum Gasteiger partial charge on any atom is 0.359 e. The highest BCUT2D eigenvalue weighted by atomic mass is 31.2. The van der Waals surface area contributed by atoms with E-state index in [0.717, 1.165) is 10.6 Å². The van der Waals surface area contributed by atoms with Gasteiger partial charge in [-0.05, 0) is 45.4 Å². The van der Waals surface area contributed by atoms with E-state index in [9.17, 15) is 34.4 Å². The van der Waals surface area contributed by atoms with Crippen LogP contribution in [0.1, 0.15) is 59.4 Å². The molecule has 1 saturated carbocycles. The molecule has 1 fully saturated rings. The number of H-pyrrole nitrogens is 1. The van der Waals surface area contributed by atoms with Crippen molar-refractivity contribution in [2.45, 2.75) is 82.6 Å². The molecule has 5 N–H and O–H groups in total. The van der Waals surface area contributed by atoms with Gasteiger partial charge in [-0.1, -0.05) is 13.8 Å². The van der Waals surface area contributed by atoms with Gasteiger partial charge in [0.25, 0.3) is 5.56 Å². The van der Waals surface area contributed by atoms with Gasteiger partial charge < -0.3 is 24.7 Å². The molecule has 0 spiro atoms. The molecule has 0 saturated heterocycles. The number of aliphatic hydroxyl groups excluding tert-OH is 2. The molecular formula is C18H31N2O8P. The van der Waals surface area contributed by atoms with Crippen molar-refractivity contribution >= 4 is 7.60 Å². The molecule has 1 heterocycles. The van der Waals surface area contributed by atoms with Gasteiger partial charge in [0.05, 0.1) is 17.7 Å². The molecule has 1 aliphatic carbocycles. The van der Waals surface area contributed by atoms with Crippen LogP contribution in [-0.4, -0.2) is 52.9 Å². The van der Waals surface area contributed by atoms with Gasteiger partial charge in [-0.25, -0.2) is 4.79 Å². The fraction of sp³-hybridized carbons (Fsp3) is 0.778. The molecule has 11 heteroatoms. The van der Waals surface area contributed by atoms with Crippen molar-refractivity contribution in [2.24, 2.45) is 5.92 Å². The Morgan fingerprint density at radius 3 is 2.34 bits per heavy atom. The second-order valence-electron chi connectivity index (χ2n) is 8.33. The van der Waals surface area contributed by atoms with Crippen molar-refractivity contribution in [1.29, 1.82) is 0 Å². The first kappa shape index (κ1) is 24.0. The van der Waals surface area contributed by atoms with Crippen molar-refractivity contribution in [1.82, 2.24) is 9.55 Å². The summed E-state index contributed by atoms with van der Waals surface area (Å²) in [5, 5.41) is 29.5. The fourth-order valence-corrected chi connectivity index (χ4v) is 5.72. The number of rotatable bonds is 8. The summed E-state index contributed by atoms with van der Waals surface area (Å²) >= 11 is 0. The Balaban J connectivity index is 2.19. The predicted octanol–water partition coefficient (Wildman–Crippen LogP) is 0.699. The van der Waals surface area contributed by atoms with E-state index in [2.05, 4.69) is 4.98 Å². The third-order valence-electron chi connectivity index (χ3n) is 5.76. The zero-order chi connectivity index (χ0) is 22.2. The molecule has 0 radical (unpaired) electrons. The van der Waals surface area contributed by atoms with Crippen LogP contribution in [-0.2, 0) is 9.09 Å². The Labute approximate surface area is 168 Å². The van der Waals surface area contributed by atoms with E-state index in [0.29, 0.717) is 0 Å². The fourth-order valence-electron chi connectivity index (χ4n) is 4.00. The molecule has 5 atom stereocenters. The number of aromatic amines is 1. The van der Waals surface area contributed by atoms with Crippen LogP contribution in [0.3, 0.4) is 0 Å². The highest BCUT2D eigenvalue weighted by Crippen LogP contribution is 2.60. The molecular weight excluding hydrogens is 403 g/mol. The standard InChI is InChI=1S/C18H31N2O8P/c1-5-18(25,6-2)29(26,27)28-17(3,4)10-11-9-12(15(23)14(11)22)20-8-7-13(21)19-16(20)24/h7-8,11-12,14-15,22-23,25H,5-6,9-10H2,1-4H3,(H,26,27)(H,19,21,24)/t11-,12-,14-,15+/m1/s1. The summed E-state index contributed by atoms with van der Waals surface area (Å²) in [5.74, 6) is -0.542. The first-order valence-corrected chi connectivity index (χ1v) is 11.3. The number of aromatic nitrogens is 2. The lowest BCUT2D eigenvalue weighted by Gasteiger charge is -2.37. The van der Waals surface area contributed by atoms with Crippen LogP contribution >= 0.6 is 7.60 Å². The van der Waals surface area contributed by atoms with Crippen molar-refractivity contribution in [3.63, 3.8) is 0 Å². The molecule has 1 unspecified atom stereocenters. The average Bonchev–Trinajstić information content (AvgIpc) is 2.87. The number of hydrogen-bond donors (Lipinski definition) is 5. The SMILES string of the molecule is CCC(O)(CC)P(=O)(O)OC(C)(C)C[C@H]1C[C@@H](n2ccc(=O)[nH]c2=O)[C@H](O)[C@@H]1O. The van der Waals surface area contributed by atoms with Crippen molar-refractivity contribution in [3.8, 4) is 0 Å². The summed E-state index contributed by atoms with van der Waals surface area (Å²) in [6.45, 7) is 6.32. The Morgan fingerprint density at radius 2 is 1.83 bits per heavy atom. The smallest absolute Gasteiger partial charge is 0.359 e. The van der Waals surface area contributed by atoms with E-state index in [1.165, 1.54) is 6.20 Å². The van der Waals surface area contributed by atoms with E-state index < -0.39 is 54.0 Å². The second-order valence-corrected chi connectivity index (χ2v) is 10.4. The van der Waals surface area contributed by atoms with Crippen LogP contribution < -0.4 is 11.2 Å². The molecule has 29 heavy (non-hydrogen) atoms. The van der Waals surface area contributed by atoms with E-state index in [4.69, 9.17) is 4.52 Å². The lowest BCUT2D eigenvalue weighted by atomic mass is 9.91. The molecule has 2 rings (SSSR count). The maximum absolute atomic E-state index is 12.7. The number of nitrogens with one attached hydrogen (secondary N) is 1. The molecule has 1 aromatic heterocycles. The Bertz CT molecular complexity index is 875. The average molecular weight is 434 g/mol. The van der Waals surface area contributed by atoms with E-state index in [1.54, 1.807) is 27.7 Å². The molecule has 1 aliphatic rings. The van der Waals surface area contributed by atoms with Gasteiger partial charge in [0, 0.05) is 12.3 Å². The minimum atomic E-state index is -4.40. The molecule has 0 bridgehead atoms. The topological polar surface area (TPSA) is 162 Å². The molecule has 1 aromatic rings. The Kier molecular flexibility index (Phi) is 6.99. The van der Waals surface area contributed by atoms with Gasteiger partial charge in [-0.3, -0.25) is 18.9 Å². The van der Waals surface area contributed by atoms with Gasteiger partial charge in [-0.15, -0.1) is 0 Å². The second kappa shape index (κ2) is 8.45. The van der Waals surface area contributed by atoms with E-state index >= 15 is 0 Å². The van der Waals surface area contributed by atoms with Gasteiger partial charge in [0.1, 0.15) is 6.10 Å². The minimum Gasteiger partial charge on any atom is -0.390 e. The summed E-state index contributed by atoms with van der Waals surface area (Å²) in [7, 11) is -4.40. The first-order valence-electron chi connectivity index (χ1n) is 9.70. The normalized spacial score (nSPS) is 27.7. The predicted molar refractivity (Wildman–Crippen MR) is 106 cm³/mol. The number of hydrogen-bond acceptors (Lipinski definition) is 7. The summed E-state index contributed by atoms with van der Waals surface area (Å²) < 4.78 is 19.3. The third-order valence-corrected chi connectivity index (χ3v) is 8.19. The summed E-state index contributed by atoms with van der Waals surface area (Å²) in [6.07, 6.45) is -0.822. The minimum absolute atomic E-state index is 0.0370. The van der Waals surface area contributed by atoms with Crippen molar-refractivity contribution in [2.75, 3.05) is 0 Å². The van der Waals surface area contributed by atoms with Gasteiger partial charge >= 0.3 is 13.3 Å². The molecule has 0 aromatic carbocycles.